The van der Waals surface area contributed by atoms with Crippen molar-refractivity contribution < 1.29 is 8.42 Å². The van der Waals surface area contributed by atoms with Gasteiger partial charge in [-0.25, -0.2) is 8.42 Å². The fourth-order valence-electron chi connectivity index (χ4n) is 2.22. The van der Waals surface area contributed by atoms with Gasteiger partial charge in [0.15, 0.2) is 0 Å². The van der Waals surface area contributed by atoms with E-state index in [-0.39, 0.29) is 5.75 Å². The van der Waals surface area contributed by atoms with Crippen LogP contribution in [-0.2, 0) is 22.3 Å². The molecule has 21 heavy (non-hydrogen) atoms. The Kier molecular flexibility index (Phi) is 4.65. The zero-order valence-electron chi connectivity index (χ0n) is 12.3. The van der Waals surface area contributed by atoms with Gasteiger partial charge < -0.3 is 5.73 Å². The Morgan fingerprint density at radius 2 is 1.71 bits per heavy atom. The van der Waals surface area contributed by atoms with Crippen molar-refractivity contribution in [2.24, 2.45) is 5.73 Å². The molecule has 112 valence electrons. The molecule has 0 bridgehead atoms. The maximum Gasteiger partial charge on any atom is 0.239 e. The maximum atomic E-state index is 12.5. The van der Waals surface area contributed by atoms with Crippen molar-refractivity contribution in [2.75, 3.05) is 11.4 Å². The first-order valence-electron chi connectivity index (χ1n) is 6.74. The molecule has 0 saturated heterocycles. The Labute approximate surface area is 126 Å². The monoisotopic (exact) mass is 304 g/mol. The Bertz CT molecular complexity index is 727. The molecule has 0 spiro atoms. The van der Waals surface area contributed by atoms with E-state index < -0.39 is 10.0 Å². The third-order valence-electron chi connectivity index (χ3n) is 3.45. The highest BCUT2D eigenvalue weighted by Crippen LogP contribution is 2.22. The van der Waals surface area contributed by atoms with Crippen LogP contribution < -0.4 is 10.0 Å². The van der Waals surface area contributed by atoms with E-state index in [1.54, 1.807) is 7.05 Å². The molecule has 0 aliphatic heterocycles. The van der Waals surface area contributed by atoms with Gasteiger partial charge in [0.25, 0.3) is 0 Å². The fraction of sp³-hybridized carbons (Fsp3) is 0.250. The Balaban J connectivity index is 2.27. The minimum atomic E-state index is -3.42. The summed E-state index contributed by atoms with van der Waals surface area (Å²) in [5, 5.41) is 0. The van der Waals surface area contributed by atoms with Crippen LogP contribution in [0.5, 0.6) is 0 Å². The molecular formula is C16H20N2O2S. The van der Waals surface area contributed by atoms with Gasteiger partial charge >= 0.3 is 0 Å². The van der Waals surface area contributed by atoms with Crippen molar-refractivity contribution in [2.45, 2.75) is 19.2 Å². The lowest BCUT2D eigenvalue weighted by molar-refractivity contribution is 0.593. The van der Waals surface area contributed by atoms with Gasteiger partial charge in [-0.1, -0.05) is 42.5 Å². The quantitative estimate of drug-likeness (QED) is 0.922. The molecular weight excluding hydrogens is 284 g/mol. The van der Waals surface area contributed by atoms with Crippen molar-refractivity contribution >= 4 is 15.7 Å². The van der Waals surface area contributed by atoms with Gasteiger partial charge in [-0.15, -0.1) is 0 Å². The first-order valence-corrected chi connectivity index (χ1v) is 8.35. The van der Waals surface area contributed by atoms with E-state index in [1.807, 2.05) is 55.5 Å². The zero-order chi connectivity index (χ0) is 15.5. The Morgan fingerprint density at radius 1 is 1.05 bits per heavy atom. The molecule has 5 heteroatoms. The van der Waals surface area contributed by atoms with Crippen LogP contribution in [0.25, 0.3) is 0 Å². The molecule has 4 nitrogen and oxygen atoms in total. The Hall–Kier alpha value is -1.85. The second-order valence-electron chi connectivity index (χ2n) is 5.03. The van der Waals surface area contributed by atoms with Crippen molar-refractivity contribution in [3.63, 3.8) is 0 Å². The summed E-state index contributed by atoms with van der Waals surface area (Å²) >= 11 is 0. The first-order chi connectivity index (χ1) is 9.94. The lowest BCUT2D eigenvalue weighted by Gasteiger charge is -2.21. The fourth-order valence-corrected chi connectivity index (χ4v) is 3.52. The maximum absolute atomic E-state index is 12.5. The summed E-state index contributed by atoms with van der Waals surface area (Å²) in [4.78, 5) is 0. The zero-order valence-corrected chi connectivity index (χ0v) is 13.1. The van der Waals surface area contributed by atoms with E-state index in [4.69, 9.17) is 5.73 Å². The van der Waals surface area contributed by atoms with E-state index in [0.29, 0.717) is 12.2 Å². The summed E-state index contributed by atoms with van der Waals surface area (Å²) in [7, 11) is -1.83. The van der Waals surface area contributed by atoms with Crippen LogP contribution in [0, 0.1) is 6.92 Å². The van der Waals surface area contributed by atoms with Crippen molar-refractivity contribution in [1.29, 1.82) is 0 Å². The highest BCUT2D eigenvalue weighted by atomic mass is 32.2. The molecule has 0 radical (unpaired) electrons. The van der Waals surface area contributed by atoms with E-state index in [2.05, 4.69) is 0 Å². The van der Waals surface area contributed by atoms with Crippen LogP contribution in [0.4, 0.5) is 5.69 Å². The van der Waals surface area contributed by atoms with Crippen molar-refractivity contribution in [3.8, 4) is 0 Å². The largest absolute Gasteiger partial charge is 0.326 e. The van der Waals surface area contributed by atoms with Crippen molar-refractivity contribution in [3.05, 3.63) is 65.2 Å². The number of aryl methyl sites for hydroxylation is 1. The molecule has 2 rings (SSSR count). The van der Waals surface area contributed by atoms with Gasteiger partial charge in [-0.3, -0.25) is 4.31 Å². The highest BCUT2D eigenvalue weighted by Gasteiger charge is 2.20. The number of sulfonamides is 1. The molecule has 2 aromatic carbocycles. The normalized spacial score (nSPS) is 11.4. The molecule has 0 fully saturated rings. The summed E-state index contributed by atoms with van der Waals surface area (Å²) in [5.41, 5.74) is 8.90. The van der Waals surface area contributed by atoms with Crippen LogP contribution in [0.2, 0.25) is 0 Å². The van der Waals surface area contributed by atoms with E-state index in [9.17, 15) is 8.42 Å². The van der Waals surface area contributed by atoms with Crippen molar-refractivity contribution in [1.82, 2.24) is 0 Å². The number of benzene rings is 2. The van der Waals surface area contributed by atoms with Crippen LogP contribution in [-0.4, -0.2) is 15.5 Å². The third kappa shape index (κ3) is 3.62. The number of anilines is 1. The average Bonchev–Trinajstić information content (AvgIpc) is 2.47. The third-order valence-corrected chi connectivity index (χ3v) is 5.18. The van der Waals surface area contributed by atoms with E-state index in [0.717, 1.165) is 16.7 Å². The standard InChI is InChI=1S/C16H20N2O2S/c1-13-6-3-4-9-16(13)18(2)21(19,20)12-15-8-5-7-14(10-15)11-17/h3-10H,11-12,17H2,1-2H3. The molecule has 0 aliphatic carbocycles. The molecule has 2 N–H and O–H groups in total. The van der Waals surface area contributed by atoms with Gasteiger partial charge in [-0.2, -0.15) is 0 Å². The van der Waals surface area contributed by atoms with Crippen LogP contribution in [0.3, 0.4) is 0 Å². The predicted molar refractivity (Wildman–Crippen MR) is 86.5 cm³/mol. The lowest BCUT2D eigenvalue weighted by atomic mass is 10.1. The number of para-hydroxylation sites is 1. The number of rotatable bonds is 5. The lowest BCUT2D eigenvalue weighted by Crippen LogP contribution is -2.28. The topological polar surface area (TPSA) is 63.4 Å². The molecule has 0 heterocycles. The minimum absolute atomic E-state index is 0.0360. The molecule has 0 aromatic heterocycles. The highest BCUT2D eigenvalue weighted by molar-refractivity contribution is 7.92. The molecule has 0 amide bonds. The van der Waals surface area contributed by atoms with Gasteiger partial charge in [0, 0.05) is 13.6 Å². The summed E-state index contributed by atoms with van der Waals surface area (Å²) < 4.78 is 26.4. The van der Waals surface area contributed by atoms with E-state index in [1.165, 1.54) is 4.31 Å². The van der Waals surface area contributed by atoms with Crippen LogP contribution >= 0.6 is 0 Å². The first kappa shape index (κ1) is 15.5. The van der Waals surface area contributed by atoms with Gasteiger partial charge in [0.1, 0.15) is 0 Å². The summed E-state index contributed by atoms with van der Waals surface area (Å²) in [5.74, 6) is -0.0360. The summed E-state index contributed by atoms with van der Waals surface area (Å²) in [6, 6.07) is 14.8. The van der Waals surface area contributed by atoms with Gasteiger partial charge in [0.05, 0.1) is 11.4 Å². The molecule has 2 aromatic rings. The number of hydrogen-bond donors (Lipinski definition) is 1. The molecule has 0 aliphatic rings. The minimum Gasteiger partial charge on any atom is -0.326 e. The van der Waals surface area contributed by atoms with Crippen LogP contribution in [0.1, 0.15) is 16.7 Å². The smallest absolute Gasteiger partial charge is 0.239 e. The SMILES string of the molecule is Cc1ccccc1N(C)S(=O)(=O)Cc1cccc(CN)c1. The van der Waals surface area contributed by atoms with E-state index >= 15 is 0 Å². The number of hydrogen-bond acceptors (Lipinski definition) is 3. The van der Waals surface area contributed by atoms with Gasteiger partial charge in [-0.05, 0) is 29.7 Å². The second-order valence-corrected chi connectivity index (χ2v) is 7.03. The van der Waals surface area contributed by atoms with Crippen LogP contribution in [0.15, 0.2) is 48.5 Å². The Morgan fingerprint density at radius 3 is 2.38 bits per heavy atom. The summed E-state index contributed by atoms with van der Waals surface area (Å²) in [6.07, 6.45) is 0. The summed E-state index contributed by atoms with van der Waals surface area (Å²) in [6.45, 7) is 2.30. The number of nitrogens with zero attached hydrogens (tertiary/aromatic N) is 1. The second kappa shape index (κ2) is 6.28. The molecule has 0 atom stereocenters. The molecule has 0 unspecified atom stereocenters. The predicted octanol–water partition coefficient (Wildman–Crippen LogP) is 2.42. The number of nitrogens with two attached hydrogens (primary N) is 1. The average molecular weight is 304 g/mol. The van der Waals surface area contributed by atoms with Gasteiger partial charge in [0.2, 0.25) is 10.0 Å². The molecule has 0 saturated carbocycles.